The van der Waals surface area contributed by atoms with Crippen molar-refractivity contribution in [1.29, 1.82) is 0 Å². The Morgan fingerprint density at radius 3 is 2.53 bits per heavy atom. The SMILES string of the molecule is Cc1ccccc1C1(CO)CCNCC1. The van der Waals surface area contributed by atoms with Gasteiger partial charge < -0.3 is 10.4 Å². The molecule has 15 heavy (non-hydrogen) atoms. The van der Waals surface area contributed by atoms with E-state index < -0.39 is 0 Å². The van der Waals surface area contributed by atoms with Crippen molar-refractivity contribution in [2.24, 2.45) is 0 Å². The van der Waals surface area contributed by atoms with Crippen molar-refractivity contribution in [3.8, 4) is 0 Å². The minimum Gasteiger partial charge on any atom is -0.395 e. The fraction of sp³-hybridized carbons (Fsp3) is 0.538. The van der Waals surface area contributed by atoms with Crippen LogP contribution in [0.2, 0.25) is 0 Å². The van der Waals surface area contributed by atoms with E-state index in [2.05, 4.69) is 36.5 Å². The van der Waals surface area contributed by atoms with E-state index in [1.807, 2.05) is 0 Å². The summed E-state index contributed by atoms with van der Waals surface area (Å²) in [5.74, 6) is 0. The molecule has 0 spiro atoms. The van der Waals surface area contributed by atoms with E-state index in [0.29, 0.717) is 0 Å². The second kappa shape index (κ2) is 4.33. The zero-order valence-corrected chi connectivity index (χ0v) is 9.29. The van der Waals surface area contributed by atoms with Crippen LogP contribution in [-0.2, 0) is 5.41 Å². The molecule has 0 amide bonds. The van der Waals surface area contributed by atoms with Crippen molar-refractivity contribution >= 4 is 0 Å². The highest BCUT2D eigenvalue weighted by molar-refractivity contribution is 5.34. The van der Waals surface area contributed by atoms with Gasteiger partial charge in [0.05, 0.1) is 6.61 Å². The molecule has 82 valence electrons. The molecule has 1 heterocycles. The molecule has 1 fully saturated rings. The number of aliphatic hydroxyl groups excluding tert-OH is 1. The van der Waals surface area contributed by atoms with Crippen molar-refractivity contribution in [1.82, 2.24) is 5.32 Å². The van der Waals surface area contributed by atoms with Gasteiger partial charge in [0.25, 0.3) is 0 Å². The number of hydrogen-bond donors (Lipinski definition) is 2. The maximum atomic E-state index is 9.69. The van der Waals surface area contributed by atoms with Crippen LogP contribution in [0.15, 0.2) is 24.3 Å². The molecular formula is C13H19NO. The average molecular weight is 205 g/mol. The summed E-state index contributed by atoms with van der Waals surface area (Å²) in [5.41, 5.74) is 2.62. The summed E-state index contributed by atoms with van der Waals surface area (Å²) in [4.78, 5) is 0. The van der Waals surface area contributed by atoms with Crippen molar-refractivity contribution < 1.29 is 5.11 Å². The Bertz CT molecular complexity index is 329. The summed E-state index contributed by atoms with van der Waals surface area (Å²) in [6.45, 7) is 4.41. The molecule has 0 aromatic heterocycles. The molecule has 0 bridgehead atoms. The van der Waals surface area contributed by atoms with E-state index in [0.717, 1.165) is 25.9 Å². The smallest absolute Gasteiger partial charge is 0.0529 e. The van der Waals surface area contributed by atoms with Gasteiger partial charge in [0.2, 0.25) is 0 Å². The normalized spacial score (nSPS) is 20.1. The van der Waals surface area contributed by atoms with Crippen LogP contribution >= 0.6 is 0 Å². The van der Waals surface area contributed by atoms with Crippen molar-refractivity contribution in [2.75, 3.05) is 19.7 Å². The highest BCUT2D eigenvalue weighted by atomic mass is 16.3. The number of rotatable bonds is 2. The van der Waals surface area contributed by atoms with Gasteiger partial charge in [0.15, 0.2) is 0 Å². The third-order valence-corrected chi connectivity index (χ3v) is 3.58. The Morgan fingerprint density at radius 1 is 1.27 bits per heavy atom. The molecule has 1 aromatic rings. The lowest BCUT2D eigenvalue weighted by Crippen LogP contribution is -2.42. The first kappa shape index (κ1) is 10.7. The number of hydrogen-bond acceptors (Lipinski definition) is 2. The fourth-order valence-electron chi connectivity index (χ4n) is 2.59. The molecular weight excluding hydrogens is 186 g/mol. The number of aliphatic hydroxyl groups is 1. The summed E-state index contributed by atoms with van der Waals surface area (Å²) in [7, 11) is 0. The predicted octanol–water partition coefficient (Wildman–Crippen LogP) is 1.61. The van der Waals surface area contributed by atoms with Crippen molar-refractivity contribution in [3.63, 3.8) is 0 Å². The van der Waals surface area contributed by atoms with E-state index >= 15 is 0 Å². The Labute approximate surface area is 91.3 Å². The number of benzene rings is 1. The number of piperidine rings is 1. The summed E-state index contributed by atoms with van der Waals surface area (Å²) < 4.78 is 0. The largest absolute Gasteiger partial charge is 0.395 e. The highest BCUT2D eigenvalue weighted by Crippen LogP contribution is 2.34. The van der Waals surface area contributed by atoms with Gasteiger partial charge in [-0.2, -0.15) is 0 Å². The van der Waals surface area contributed by atoms with Gasteiger partial charge in [-0.25, -0.2) is 0 Å². The Hall–Kier alpha value is -0.860. The third kappa shape index (κ3) is 1.92. The molecule has 2 nitrogen and oxygen atoms in total. The Kier molecular flexibility index (Phi) is 3.08. The van der Waals surface area contributed by atoms with Gasteiger partial charge in [0.1, 0.15) is 0 Å². The topological polar surface area (TPSA) is 32.3 Å². The Morgan fingerprint density at radius 2 is 1.93 bits per heavy atom. The molecule has 1 aromatic carbocycles. The maximum Gasteiger partial charge on any atom is 0.0529 e. The molecule has 2 rings (SSSR count). The summed E-state index contributed by atoms with van der Waals surface area (Å²) in [6, 6.07) is 8.43. The molecule has 1 aliphatic rings. The van der Waals surface area contributed by atoms with Crippen LogP contribution in [-0.4, -0.2) is 24.8 Å². The molecule has 0 radical (unpaired) electrons. The Balaban J connectivity index is 2.36. The van der Waals surface area contributed by atoms with Gasteiger partial charge >= 0.3 is 0 Å². The molecule has 0 saturated carbocycles. The minimum atomic E-state index is -0.00338. The van der Waals surface area contributed by atoms with Crippen molar-refractivity contribution in [2.45, 2.75) is 25.2 Å². The maximum absolute atomic E-state index is 9.69. The standard InChI is InChI=1S/C13H19NO/c1-11-4-2-3-5-12(11)13(10-15)6-8-14-9-7-13/h2-5,14-15H,6-10H2,1H3. The second-order valence-corrected chi connectivity index (χ2v) is 4.50. The molecule has 0 unspecified atom stereocenters. The number of nitrogens with one attached hydrogen (secondary N) is 1. The zero-order chi connectivity index (χ0) is 10.7. The van der Waals surface area contributed by atoms with Crippen LogP contribution in [0, 0.1) is 6.92 Å². The monoisotopic (exact) mass is 205 g/mol. The van der Waals surface area contributed by atoms with E-state index in [1.54, 1.807) is 0 Å². The van der Waals surface area contributed by atoms with Crippen LogP contribution < -0.4 is 5.32 Å². The van der Waals surface area contributed by atoms with Gasteiger partial charge in [-0.3, -0.25) is 0 Å². The average Bonchev–Trinajstić information content (AvgIpc) is 2.30. The molecule has 1 aliphatic heterocycles. The number of aryl methyl sites for hydroxylation is 1. The third-order valence-electron chi connectivity index (χ3n) is 3.58. The molecule has 2 N–H and O–H groups in total. The first-order valence-corrected chi connectivity index (χ1v) is 5.66. The van der Waals surface area contributed by atoms with Gasteiger partial charge in [-0.05, 0) is 44.0 Å². The lowest BCUT2D eigenvalue weighted by molar-refractivity contribution is 0.157. The van der Waals surface area contributed by atoms with Gasteiger partial charge in [-0.1, -0.05) is 24.3 Å². The lowest BCUT2D eigenvalue weighted by Gasteiger charge is -2.37. The van der Waals surface area contributed by atoms with E-state index in [1.165, 1.54) is 11.1 Å². The van der Waals surface area contributed by atoms with Crippen LogP contribution in [0.5, 0.6) is 0 Å². The highest BCUT2D eigenvalue weighted by Gasteiger charge is 2.33. The molecule has 2 heteroatoms. The second-order valence-electron chi connectivity index (χ2n) is 4.50. The van der Waals surface area contributed by atoms with Crippen LogP contribution in [0.3, 0.4) is 0 Å². The predicted molar refractivity (Wildman–Crippen MR) is 62.0 cm³/mol. The minimum absolute atomic E-state index is 0.00338. The summed E-state index contributed by atoms with van der Waals surface area (Å²) >= 11 is 0. The summed E-state index contributed by atoms with van der Waals surface area (Å²) in [6.07, 6.45) is 2.07. The molecule has 1 saturated heterocycles. The molecule has 0 atom stereocenters. The first-order valence-electron chi connectivity index (χ1n) is 5.66. The van der Waals surface area contributed by atoms with E-state index in [9.17, 15) is 5.11 Å². The van der Waals surface area contributed by atoms with E-state index in [4.69, 9.17) is 0 Å². The van der Waals surface area contributed by atoms with Gasteiger partial charge in [-0.15, -0.1) is 0 Å². The summed E-state index contributed by atoms with van der Waals surface area (Å²) in [5, 5.41) is 13.0. The fourth-order valence-corrected chi connectivity index (χ4v) is 2.59. The van der Waals surface area contributed by atoms with Crippen LogP contribution in [0.25, 0.3) is 0 Å². The molecule has 0 aliphatic carbocycles. The first-order chi connectivity index (χ1) is 7.28. The van der Waals surface area contributed by atoms with Gasteiger partial charge in [0, 0.05) is 5.41 Å². The zero-order valence-electron chi connectivity index (χ0n) is 9.29. The van der Waals surface area contributed by atoms with Crippen LogP contribution in [0.4, 0.5) is 0 Å². The quantitative estimate of drug-likeness (QED) is 0.769. The lowest BCUT2D eigenvalue weighted by atomic mass is 9.72. The van der Waals surface area contributed by atoms with E-state index in [-0.39, 0.29) is 12.0 Å². The van der Waals surface area contributed by atoms with Crippen LogP contribution in [0.1, 0.15) is 24.0 Å². The van der Waals surface area contributed by atoms with Crippen molar-refractivity contribution in [3.05, 3.63) is 35.4 Å².